The van der Waals surface area contributed by atoms with Crippen molar-refractivity contribution >= 4 is 38.6 Å². The maximum atomic E-state index is 10.0. The van der Waals surface area contributed by atoms with Crippen molar-refractivity contribution in [2.45, 2.75) is 48.0 Å². The minimum absolute atomic E-state index is 0. The Kier molecular flexibility index (Phi) is 9.01. The molecule has 193 valence electrons. The number of fused-ring (bicyclic) bond motifs is 4. The number of pyridine rings is 2. The first kappa shape index (κ1) is 28.2. The molecule has 37 heavy (non-hydrogen) atoms. The Morgan fingerprint density at radius 3 is 2.43 bits per heavy atom. The third-order valence-electron chi connectivity index (χ3n) is 5.76. The number of aliphatic hydroxyl groups is 1. The largest absolute Gasteiger partial charge is 0.512 e. The zero-order valence-corrected chi connectivity index (χ0v) is 24.4. The number of hydrogen-bond donors (Lipinski definition) is 1. The van der Waals surface area contributed by atoms with Gasteiger partial charge in [0.15, 0.2) is 5.78 Å². The molecule has 5 aromatic rings. The molecule has 1 radical (unpaired) electrons. The summed E-state index contributed by atoms with van der Waals surface area (Å²) in [7, 11) is 0. The molecule has 3 aromatic heterocycles. The average Bonchev–Trinajstić information content (AvgIpc) is 3.14. The first-order chi connectivity index (χ1) is 17.1. The quantitative estimate of drug-likeness (QED) is 0.120. The number of carbonyl (C=O) groups is 1. The number of carbonyl (C=O) groups excluding carboxylic acids is 1. The summed E-state index contributed by atoms with van der Waals surface area (Å²) in [4.78, 5) is 19.3. The fourth-order valence-electron chi connectivity index (χ4n) is 4.41. The molecule has 0 spiro atoms. The number of aryl methyl sites for hydroxylation is 2. The van der Waals surface area contributed by atoms with Gasteiger partial charge in [0.25, 0.3) is 0 Å². The van der Waals surface area contributed by atoms with Gasteiger partial charge in [0.2, 0.25) is 5.71 Å². The molecule has 5 rings (SSSR count). The molecule has 0 bridgehead atoms. The molecule has 3 heterocycles. The van der Waals surface area contributed by atoms with Crippen LogP contribution in [0.5, 0.6) is 0 Å². The molecular formula is C31H31IrN2O3-. The van der Waals surface area contributed by atoms with Crippen LogP contribution in [-0.2, 0) is 31.3 Å². The molecule has 0 unspecified atom stereocenters. The van der Waals surface area contributed by atoms with Gasteiger partial charge in [-0.2, -0.15) is 0 Å². The van der Waals surface area contributed by atoms with E-state index in [2.05, 4.69) is 68.2 Å². The van der Waals surface area contributed by atoms with E-state index in [-0.39, 0.29) is 31.6 Å². The van der Waals surface area contributed by atoms with Crippen LogP contribution in [0.25, 0.3) is 44.1 Å². The maximum absolute atomic E-state index is 10.0. The van der Waals surface area contributed by atoms with E-state index in [1.165, 1.54) is 30.9 Å². The molecule has 0 fully saturated rings. The number of aliphatic hydroxyl groups excluding tert-OH is 1. The molecule has 0 aliphatic heterocycles. The molecule has 0 aliphatic carbocycles. The molecule has 0 saturated heterocycles. The van der Waals surface area contributed by atoms with Gasteiger partial charge in [0.1, 0.15) is 0 Å². The van der Waals surface area contributed by atoms with Gasteiger partial charge in [-0.1, -0.05) is 49.9 Å². The summed E-state index contributed by atoms with van der Waals surface area (Å²) in [5.41, 5.74) is 6.63. The Bertz CT molecular complexity index is 1610. The number of furan rings is 1. The van der Waals surface area contributed by atoms with E-state index in [0.717, 1.165) is 50.7 Å². The van der Waals surface area contributed by atoms with Crippen LogP contribution >= 0.6 is 0 Å². The first-order valence-electron chi connectivity index (χ1n) is 12.1. The van der Waals surface area contributed by atoms with Gasteiger partial charge in [-0.25, -0.2) is 4.98 Å². The standard InChI is InChI=1S/C26H23N2O.C5H8O2.Ir/c1-15(2)11-18-6-8-20-19(14-18)9-10-27-24(20)23-13-16(3)12-22-21-7-5-17(4)28-26(21)29-25(22)23;1-4(6)3-5(2)7;/h5-10,12,14-15H,11H2,1-4H3;3,6H,1-2H3;/q-1;;/b;4-3-;. The Morgan fingerprint density at radius 1 is 1.05 bits per heavy atom. The van der Waals surface area contributed by atoms with E-state index in [9.17, 15) is 4.79 Å². The van der Waals surface area contributed by atoms with Crippen molar-refractivity contribution in [2.24, 2.45) is 5.92 Å². The normalized spacial score (nSPS) is 11.5. The van der Waals surface area contributed by atoms with Crippen molar-refractivity contribution in [3.8, 4) is 11.3 Å². The monoisotopic (exact) mass is 672 g/mol. The SMILES string of the molecule is CC(=O)/C=C(/C)O.Cc1[c-]c(-c2nccc3cc(CC(C)C)ccc23)c2oc3nc(C)ccc3c2c1.[Ir]. The molecule has 0 aliphatic rings. The second kappa shape index (κ2) is 11.8. The first-order valence-corrected chi connectivity index (χ1v) is 12.1. The number of benzene rings is 2. The average molecular weight is 672 g/mol. The van der Waals surface area contributed by atoms with Crippen LogP contribution in [-0.4, -0.2) is 20.9 Å². The van der Waals surface area contributed by atoms with Crippen LogP contribution in [0.2, 0.25) is 0 Å². The van der Waals surface area contributed by atoms with Gasteiger partial charge in [-0.3, -0.25) is 4.79 Å². The summed E-state index contributed by atoms with van der Waals surface area (Å²) >= 11 is 0. The number of nitrogens with zero attached hydrogens (tertiary/aromatic N) is 2. The van der Waals surface area contributed by atoms with Gasteiger partial charge in [0.05, 0.1) is 11.3 Å². The minimum atomic E-state index is -0.125. The van der Waals surface area contributed by atoms with Gasteiger partial charge < -0.3 is 14.5 Å². The Balaban J connectivity index is 0.000000422. The molecule has 1 N–H and O–H groups in total. The van der Waals surface area contributed by atoms with Crippen molar-refractivity contribution in [1.29, 1.82) is 0 Å². The fraction of sp³-hybridized carbons (Fsp3) is 0.258. The van der Waals surface area contributed by atoms with E-state index in [1.807, 2.05) is 19.2 Å². The number of ketones is 1. The van der Waals surface area contributed by atoms with Crippen LogP contribution in [0.15, 0.2) is 64.9 Å². The zero-order chi connectivity index (χ0) is 26.0. The van der Waals surface area contributed by atoms with Crippen LogP contribution < -0.4 is 0 Å². The minimum Gasteiger partial charge on any atom is -0.512 e. The molecule has 0 saturated carbocycles. The summed E-state index contributed by atoms with van der Waals surface area (Å²) in [6.07, 6.45) is 4.12. The summed E-state index contributed by atoms with van der Waals surface area (Å²) in [5, 5.41) is 12.8. The Hall–Kier alpha value is -3.34. The Labute approximate surface area is 231 Å². The zero-order valence-electron chi connectivity index (χ0n) is 22.0. The van der Waals surface area contributed by atoms with Crippen LogP contribution in [0, 0.1) is 25.8 Å². The Morgan fingerprint density at radius 2 is 1.78 bits per heavy atom. The van der Waals surface area contributed by atoms with Gasteiger partial charge in [0, 0.05) is 43.5 Å². The van der Waals surface area contributed by atoms with Gasteiger partial charge >= 0.3 is 0 Å². The number of allylic oxidation sites excluding steroid dienone is 2. The molecule has 0 amide bonds. The van der Waals surface area contributed by atoms with Crippen molar-refractivity contribution in [3.05, 3.63) is 83.4 Å². The topological polar surface area (TPSA) is 76.2 Å². The van der Waals surface area contributed by atoms with E-state index in [0.29, 0.717) is 11.6 Å². The van der Waals surface area contributed by atoms with E-state index >= 15 is 0 Å². The molecule has 2 aromatic carbocycles. The molecular weight excluding hydrogens is 641 g/mol. The van der Waals surface area contributed by atoms with Crippen LogP contribution in [0.1, 0.15) is 44.5 Å². The third kappa shape index (κ3) is 6.51. The van der Waals surface area contributed by atoms with E-state index < -0.39 is 0 Å². The van der Waals surface area contributed by atoms with Crippen molar-refractivity contribution in [1.82, 2.24) is 9.97 Å². The van der Waals surface area contributed by atoms with E-state index in [1.54, 1.807) is 0 Å². The van der Waals surface area contributed by atoms with Crippen molar-refractivity contribution in [2.75, 3.05) is 0 Å². The maximum Gasteiger partial charge on any atom is 0.216 e. The molecule has 6 heteroatoms. The summed E-state index contributed by atoms with van der Waals surface area (Å²) in [5.74, 6) is 0.567. The summed E-state index contributed by atoms with van der Waals surface area (Å²) in [6.45, 7) is 11.4. The van der Waals surface area contributed by atoms with Gasteiger partial charge in [-0.05, 0) is 73.3 Å². The summed E-state index contributed by atoms with van der Waals surface area (Å²) in [6, 6.07) is 18.5. The second-order valence-electron chi connectivity index (χ2n) is 9.69. The summed E-state index contributed by atoms with van der Waals surface area (Å²) < 4.78 is 6.22. The van der Waals surface area contributed by atoms with Crippen LogP contribution in [0.4, 0.5) is 0 Å². The van der Waals surface area contributed by atoms with Crippen molar-refractivity contribution in [3.63, 3.8) is 0 Å². The molecule has 0 atom stereocenters. The predicted molar refractivity (Wildman–Crippen MR) is 146 cm³/mol. The number of hydrogen-bond acceptors (Lipinski definition) is 5. The van der Waals surface area contributed by atoms with Gasteiger partial charge in [-0.15, -0.1) is 17.7 Å². The third-order valence-corrected chi connectivity index (χ3v) is 5.76. The van der Waals surface area contributed by atoms with Crippen LogP contribution in [0.3, 0.4) is 0 Å². The van der Waals surface area contributed by atoms with E-state index in [4.69, 9.17) is 14.5 Å². The molecule has 5 nitrogen and oxygen atoms in total. The fourth-order valence-corrected chi connectivity index (χ4v) is 4.41. The van der Waals surface area contributed by atoms with Crippen molar-refractivity contribution < 1.29 is 34.4 Å². The number of aromatic nitrogens is 2. The predicted octanol–water partition coefficient (Wildman–Crippen LogP) is 7.85. The second-order valence-corrected chi connectivity index (χ2v) is 9.69. The number of rotatable bonds is 4. The smallest absolute Gasteiger partial charge is 0.216 e.